The smallest absolute Gasteiger partial charge is 0.00698 e. The summed E-state index contributed by atoms with van der Waals surface area (Å²) in [6, 6.07) is 10.9. The van der Waals surface area contributed by atoms with Gasteiger partial charge in [0.1, 0.15) is 0 Å². The third-order valence-corrected chi connectivity index (χ3v) is 2.60. The lowest BCUT2D eigenvalue weighted by Gasteiger charge is -2.21. The minimum atomic E-state index is 1.38. The fourth-order valence-corrected chi connectivity index (χ4v) is 2.01. The predicted octanol–water partition coefficient (Wildman–Crippen LogP) is 3.13. The molecule has 0 amide bonds. The van der Waals surface area contributed by atoms with Crippen molar-refractivity contribution in [2.75, 3.05) is 0 Å². The van der Waals surface area contributed by atoms with Crippen LogP contribution in [0.5, 0.6) is 0 Å². The molecule has 0 heterocycles. The quantitative estimate of drug-likeness (QED) is 0.450. The van der Waals surface area contributed by atoms with Crippen molar-refractivity contribution in [3.63, 3.8) is 0 Å². The molecule has 0 aromatic heterocycles. The summed E-state index contributed by atoms with van der Waals surface area (Å²) in [6.07, 6.45) is 0. The zero-order valence-electron chi connectivity index (χ0n) is 6.39. The first-order chi connectivity index (χ1) is 5.38. The molecule has 1 aliphatic carbocycles. The minimum Gasteiger partial charge on any atom is -0.0610 e. The standard InChI is InChI=1S/C11H8/c1-7-9-6-5-8-3-2-4-10(9)11(7)8/h2-6H,1H3. The second kappa shape index (κ2) is 1.48. The summed E-state index contributed by atoms with van der Waals surface area (Å²) in [5.41, 5.74) is 4.36. The molecule has 0 N–H and O–H groups in total. The minimum absolute atomic E-state index is 1.38. The van der Waals surface area contributed by atoms with Crippen LogP contribution >= 0.6 is 0 Å². The van der Waals surface area contributed by atoms with Gasteiger partial charge >= 0.3 is 0 Å². The molecule has 0 saturated carbocycles. The SMILES string of the molecule is Cc1c2ccc3cccc-2c13. The van der Waals surface area contributed by atoms with Crippen molar-refractivity contribution in [1.82, 2.24) is 0 Å². The Morgan fingerprint density at radius 3 is 2.45 bits per heavy atom. The second-order valence-electron chi connectivity index (χ2n) is 3.14. The van der Waals surface area contributed by atoms with Crippen molar-refractivity contribution >= 4 is 10.8 Å². The van der Waals surface area contributed by atoms with Gasteiger partial charge in [0.15, 0.2) is 0 Å². The average Bonchev–Trinajstić information content (AvgIpc) is 2.03. The molecular formula is C11H8. The van der Waals surface area contributed by atoms with Crippen molar-refractivity contribution < 1.29 is 0 Å². The third-order valence-electron chi connectivity index (χ3n) is 2.60. The van der Waals surface area contributed by atoms with Gasteiger partial charge < -0.3 is 0 Å². The van der Waals surface area contributed by atoms with Gasteiger partial charge in [0, 0.05) is 0 Å². The van der Waals surface area contributed by atoms with Crippen molar-refractivity contribution in [2.45, 2.75) is 6.92 Å². The number of aryl methyl sites for hydroxylation is 1. The summed E-state index contributed by atoms with van der Waals surface area (Å²) in [6.45, 7) is 2.20. The Kier molecular flexibility index (Phi) is 0.719. The Morgan fingerprint density at radius 1 is 0.909 bits per heavy atom. The molecule has 2 bridgehead atoms. The van der Waals surface area contributed by atoms with Crippen LogP contribution in [0.2, 0.25) is 0 Å². The van der Waals surface area contributed by atoms with Crippen LogP contribution in [-0.2, 0) is 0 Å². The van der Waals surface area contributed by atoms with E-state index in [0.717, 1.165) is 0 Å². The van der Waals surface area contributed by atoms with Crippen molar-refractivity contribution in [3.05, 3.63) is 35.9 Å². The van der Waals surface area contributed by atoms with E-state index in [2.05, 4.69) is 37.3 Å². The first kappa shape index (κ1) is 5.36. The largest absolute Gasteiger partial charge is 0.0610 e. The van der Waals surface area contributed by atoms with E-state index < -0.39 is 0 Å². The zero-order valence-corrected chi connectivity index (χ0v) is 6.39. The summed E-state index contributed by atoms with van der Waals surface area (Å²) in [7, 11) is 0. The van der Waals surface area contributed by atoms with Gasteiger partial charge in [-0.3, -0.25) is 0 Å². The Labute approximate surface area is 65.5 Å². The summed E-state index contributed by atoms with van der Waals surface area (Å²) in [5, 5.41) is 2.86. The van der Waals surface area contributed by atoms with Gasteiger partial charge in [-0.1, -0.05) is 30.3 Å². The highest BCUT2D eigenvalue weighted by Gasteiger charge is 2.17. The van der Waals surface area contributed by atoms with E-state index in [1.54, 1.807) is 0 Å². The Balaban J connectivity index is 2.70. The highest BCUT2D eigenvalue weighted by atomic mass is 14.2. The van der Waals surface area contributed by atoms with Gasteiger partial charge in [-0.2, -0.15) is 0 Å². The predicted molar refractivity (Wildman–Crippen MR) is 47.7 cm³/mol. The van der Waals surface area contributed by atoms with Gasteiger partial charge in [-0.25, -0.2) is 0 Å². The fourth-order valence-electron chi connectivity index (χ4n) is 2.01. The number of hydrogen-bond acceptors (Lipinski definition) is 0. The molecule has 0 nitrogen and oxygen atoms in total. The Hall–Kier alpha value is -1.30. The molecule has 0 fully saturated rings. The maximum atomic E-state index is 2.22. The molecule has 11 heavy (non-hydrogen) atoms. The summed E-state index contributed by atoms with van der Waals surface area (Å²) < 4.78 is 0. The highest BCUT2D eigenvalue weighted by Crippen LogP contribution is 2.43. The highest BCUT2D eigenvalue weighted by molar-refractivity contribution is 6.10. The van der Waals surface area contributed by atoms with E-state index in [9.17, 15) is 0 Å². The van der Waals surface area contributed by atoms with Crippen LogP contribution < -0.4 is 0 Å². The molecule has 52 valence electrons. The third kappa shape index (κ3) is 0.443. The van der Waals surface area contributed by atoms with E-state index in [-0.39, 0.29) is 0 Å². The van der Waals surface area contributed by atoms with E-state index in [0.29, 0.717) is 0 Å². The molecule has 2 aromatic rings. The number of fused-ring (bicyclic) bond motifs is 2. The van der Waals surface area contributed by atoms with Gasteiger partial charge in [-0.05, 0) is 34.4 Å². The molecule has 2 aromatic carbocycles. The molecule has 0 aliphatic heterocycles. The average molecular weight is 140 g/mol. The molecule has 1 aliphatic rings. The van der Waals surface area contributed by atoms with E-state index in [4.69, 9.17) is 0 Å². The topological polar surface area (TPSA) is 0 Å². The van der Waals surface area contributed by atoms with Crippen molar-refractivity contribution in [2.24, 2.45) is 0 Å². The molecule has 0 unspecified atom stereocenters. The van der Waals surface area contributed by atoms with Crippen LogP contribution in [0.4, 0.5) is 0 Å². The van der Waals surface area contributed by atoms with Crippen LogP contribution in [0.25, 0.3) is 21.9 Å². The summed E-state index contributed by atoms with van der Waals surface area (Å²) in [5.74, 6) is 0. The van der Waals surface area contributed by atoms with Crippen LogP contribution in [0.1, 0.15) is 5.56 Å². The molecule has 0 heteroatoms. The lowest BCUT2D eigenvalue weighted by Crippen LogP contribution is -1.96. The second-order valence-corrected chi connectivity index (χ2v) is 3.14. The van der Waals surface area contributed by atoms with E-state index in [1.165, 1.54) is 27.5 Å². The normalized spacial score (nSPS) is 12.1. The Morgan fingerprint density at radius 2 is 1.82 bits per heavy atom. The maximum Gasteiger partial charge on any atom is -0.00698 e. The first-order valence-electron chi connectivity index (χ1n) is 3.90. The summed E-state index contributed by atoms with van der Waals surface area (Å²) in [4.78, 5) is 0. The monoisotopic (exact) mass is 140 g/mol. The number of hydrogen-bond donors (Lipinski definition) is 0. The molecule has 0 spiro atoms. The van der Waals surface area contributed by atoms with Gasteiger partial charge in [0.25, 0.3) is 0 Å². The summed E-state index contributed by atoms with van der Waals surface area (Å²) >= 11 is 0. The fraction of sp³-hybridized carbons (Fsp3) is 0.0909. The van der Waals surface area contributed by atoms with Crippen molar-refractivity contribution in [3.8, 4) is 11.1 Å². The number of rotatable bonds is 0. The van der Waals surface area contributed by atoms with Crippen molar-refractivity contribution in [1.29, 1.82) is 0 Å². The molecule has 0 saturated heterocycles. The van der Waals surface area contributed by atoms with Crippen LogP contribution in [0.15, 0.2) is 30.3 Å². The Bertz CT molecular complexity index is 448. The van der Waals surface area contributed by atoms with Gasteiger partial charge in [-0.15, -0.1) is 0 Å². The van der Waals surface area contributed by atoms with Gasteiger partial charge in [0.2, 0.25) is 0 Å². The molecule has 3 rings (SSSR count). The molecular weight excluding hydrogens is 132 g/mol. The lowest BCUT2D eigenvalue weighted by molar-refractivity contribution is 1.46. The van der Waals surface area contributed by atoms with E-state index >= 15 is 0 Å². The van der Waals surface area contributed by atoms with Crippen LogP contribution in [0, 0.1) is 6.92 Å². The maximum absolute atomic E-state index is 2.22. The zero-order chi connectivity index (χ0) is 7.42. The van der Waals surface area contributed by atoms with Crippen LogP contribution in [-0.4, -0.2) is 0 Å². The van der Waals surface area contributed by atoms with E-state index in [1.807, 2.05) is 0 Å². The lowest BCUT2D eigenvalue weighted by atomic mass is 9.82. The molecule has 0 atom stereocenters. The molecule has 0 radical (unpaired) electrons. The van der Waals surface area contributed by atoms with Gasteiger partial charge in [0.05, 0.1) is 0 Å². The first-order valence-corrected chi connectivity index (χ1v) is 3.90. The number of benzene rings is 3. The van der Waals surface area contributed by atoms with Crippen LogP contribution in [0.3, 0.4) is 0 Å².